The number of hydrogen-bond acceptors (Lipinski definition) is 6. The van der Waals surface area contributed by atoms with E-state index >= 15 is 0 Å². The first-order chi connectivity index (χ1) is 13.6. The van der Waals surface area contributed by atoms with Gasteiger partial charge in [-0.25, -0.2) is 14.4 Å². The molecule has 3 aromatic rings. The lowest BCUT2D eigenvalue weighted by atomic mass is 10.2. The summed E-state index contributed by atoms with van der Waals surface area (Å²) in [4.78, 5) is 12.7. The van der Waals surface area contributed by atoms with Crippen molar-refractivity contribution >= 4 is 40.3 Å². The summed E-state index contributed by atoms with van der Waals surface area (Å²) in [7, 11) is 0. The number of piperazine rings is 1. The quantitative estimate of drug-likeness (QED) is 0.694. The molecular formula is C20H20ClFN6. The maximum absolute atomic E-state index is 14.0. The van der Waals surface area contributed by atoms with Crippen LogP contribution < -0.4 is 20.9 Å². The molecule has 0 aliphatic carbocycles. The molecule has 1 aromatic heterocycles. The van der Waals surface area contributed by atoms with Crippen molar-refractivity contribution in [3.8, 4) is 0 Å². The van der Waals surface area contributed by atoms with E-state index < -0.39 is 0 Å². The number of rotatable bonds is 4. The Labute approximate surface area is 167 Å². The van der Waals surface area contributed by atoms with E-state index in [2.05, 4.69) is 20.2 Å². The highest BCUT2D eigenvalue weighted by Gasteiger charge is 2.23. The monoisotopic (exact) mass is 398 g/mol. The molecule has 0 unspecified atom stereocenters. The van der Waals surface area contributed by atoms with Crippen LogP contribution in [0.3, 0.4) is 0 Å². The molecule has 0 amide bonds. The predicted octanol–water partition coefficient (Wildman–Crippen LogP) is 3.92. The number of benzene rings is 2. The second-order valence-corrected chi connectivity index (χ2v) is 6.90. The topological polar surface area (TPSA) is 70.3 Å². The van der Waals surface area contributed by atoms with Crippen molar-refractivity contribution in [2.24, 2.45) is 0 Å². The predicted molar refractivity (Wildman–Crippen MR) is 112 cm³/mol. The van der Waals surface area contributed by atoms with Crippen LogP contribution in [0, 0.1) is 5.82 Å². The summed E-state index contributed by atoms with van der Waals surface area (Å²) < 4.78 is 14.0. The molecule has 0 radical (unpaired) electrons. The third kappa shape index (κ3) is 3.66. The van der Waals surface area contributed by atoms with Gasteiger partial charge in [0.1, 0.15) is 17.8 Å². The SMILES string of the molecule is Nc1c(Nc2ccccc2Cl)ncnc1N1CCN(c2ccccc2F)CC1. The Kier molecular flexibility index (Phi) is 5.16. The number of aromatic nitrogens is 2. The number of para-hydroxylation sites is 2. The lowest BCUT2D eigenvalue weighted by molar-refractivity contribution is 0.596. The molecule has 2 heterocycles. The third-order valence-corrected chi connectivity index (χ3v) is 5.09. The van der Waals surface area contributed by atoms with E-state index in [9.17, 15) is 4.39 Å². The Morgan fingerprint density at radius 2 is 1.61 bits per heavy atom. The number of hydrogen-bond donors (Lipinski definition) is 2. The second-order valence-electron chi connectivity index (χ2n) is 6.49. The van der Waals surface area contributed by atoms with Gasteiger partial charge in [-0.15, -0.1) is 0 Å². The van der Waals surface area contributed by atoms with E-state index in [1.54, 1.807) is 18.2 Å². The van der Waals surface area contributed by atoms with E-state index in [0.29, 0.717) is 54.2 Å². The summed E-state index contributed by atoms with van der Waals surface area (Å²) in [5, 5.41) is 3.75. The number of nitrogens with one attached hydrogen (secondary N) is 1. The Balaban J connectivity index is 1.50. The van der Waals surface area contributed by atoms with Crippen molar-refractivity contribution in [2.75, 3.05) is 47.0 Å². The fraction of sp³-hybridized carbons (Fsp3) is 0.200. The molecule has 0 atom stereocenters. The summed E-state index contributed by atoms with van der Waals surface area (Å²) in [5.41, 5.74) is 8.15. The first-order valence-corrected chi connectivity index (χ1v) is 9.38. The van der Waals surface area contributed by atoms with Crippen LogP contribution in [0.1, 0.15) is 0 Å². The van der Waals surface area contributed by atoms with Crippen LogP contribution in [0.5, 0.6) is 0 Å². The van der Waals surface area contributed by atoms with Crippen molar-refractivity contribution < 1.29 is 4.39 Å². The van der Waals surface area contributed by atoms with Gasteiger partial charge in [0, 0.05) is 26.2 Å². The Bertz CT molecular complexity index is 974. The highest BCUT2D eigenvalue weighted by atomic mass is 35.5. The number of anilines is 5. The average molecular weight is 399 g/mol. The maximum atomic E-state index is 14.0. The first kappa shape index (κ1) is 18.3. The van der Waals surface area contributed by atoms with E-state index in [1.165, 1.54) is 12.4 Å². The largest absolute Gasteiger partial charge is 0.393 e. The third-order valence-electron chi connectivity index (χ3n) is 4.76. The summed E-state index contributed by atoms with van der Waals surface area (Å²) in [6.45, 7) is 2.72. The number of nitrogens with two attached hydrogens (primary N) is 1. The van der Waals surface area contributed by atoms with Crippen molar-refractivity contribution in [2.45, 2.75) is 0 Å². The van der Waals surface area contributed by atoms with Crippen molar-refractivity contribution in [3.63, 3.8) is 0 Å². The number of nitrogen functional groups attached to an aromatic ring is 1. The maximum Gasteiger partial charge on any atom is 0.159 e. The minimum absolute atomic E-state index is 0.205. The van der Waals surface area contributed by atoms with Crippen LogP contribution in [-0.4, -0.2) is 36.1 Å². The van der Waals surface area contributed by atoms with Crippen LogP contribution in [-0.2, 0) is 0 Å². The summed E-state index contributed by atoms with van der Waals surface area (Å²) >= 11 is 6.21. The van der Waals surface area contributed by atoms with Crippen LogP contribution >= 0.6 is 11.6 Å². The van der Waals surface area contributed by atoms with Crippen LogP contribution in [0.15, 0.2) is 54.9 Å². The minimum atomic E-state index is -0.205. The molecule has 6 nitrogen and oxygen atoms in total. The van der Waals surface area contributed by atoms with E-state index in [1.807, 2.05) is 29.2 Å². The van der Waals surface area contributed by atoms with E-state index in [0.717, 1.165) is 5.69 Å². The molecule has 0 bridgehead atoms. The van der Waals surface area contributed by atoms with Gasteiger partial charge in [-0.3, -0.25) is 0 Å². The van der Waals surface area contributed by atoms with E-state index in [-0.39, 0.29) is 5.82 Å². The van der Waals surface area contributed by atoms with Gasteiger partial charge >= 0.3 is 0 Å². The zero-order chi connectivity index (χ0) is 19.5. The van der Waals surface area contributed by atoms with Crippen LogP contribution in [0.25, 0.3) is 0 Å². The van der Waals surface area contributed by atoms with Gasteiger partial charge in [0.15, 0.2) is 11.6 Å². The van der Waals surface area contributed by atoms with Crippen LogP contribution in [0.4, 0.5) is 33.1 Å². The van der Waals surface area contributed by atoms with Gasteiger partial charge in [-0.1, -0.05) is 35.9 Å². The second kappa shape index (κ2) is 7.90. The van der Waals surface area contributed by atoms with E-state index in [4.69, 9.17) is 17.3 Å². The van der Waals surface area contributed by atoms with Crippen molar-refractivity contribution in [1.29, 1.82) is 0 Å². The molecule has 0 saturated carbocycles. The molecule has 1 saturated heterocycles. The van der Waals surface area contributed by atoms with Gasteiger partial charge in [-0.05, 0) is 24.3 Å². The van der Waals surface area contributed by atoms with Crippen molar-refractivity contribution in [3.05, 3.63) is 65.7 Å². The van der Waals surface area contributed by atoms with Gasteiger partial charge in [-0.2, -0.15) is 0 Å². The number of nitrogens with zero attached hydrogens (tertiary/aromatic N) is 4. The molecule has 3 N–H and O–H groups in total. The molecule has 8 heteroatoms. The zero-order valence-corrected chi connectivity index (χ0v) is 15.9. The van der Waals surface area contributed by atoms with Gasteiger partial charge in [0.2, 0.25) is 0 Å². The van der Waals surface area contributed by atoms with Gasteiger partial charge < -0.3 is 20.9 Å². The minimum Gasteiger partial charge on any atom is -0.393 e. The lowest BCUT2D eigenvalue weighted by Gasteiger charge is -2.37. The van der Waals surface area contributed by atoms with Gasteiger partial charge in [0.05, 0.1) is 16.4 Å². The lowest BCUT2D eigenvalue weighted by Crippen LogP contribution is -2.47. The molecule has 1 aliphatic heterocycles. The fourth-order valence-electron chi connectivity index (χ4n) is 3.30. The number of halogens is 2. The molecule has 0 spiro atoms. The summed E-state index contributed by atoms with van der Waals surface area (Å²) in [5.74, 6) is 0.969. The standard InChI is InChI=1S/C20H20ClFN6/c21-14-5-1-3-7-16(14)26-19-18(23)20(25-13-24-19)28-11-9-27(10-12-28)17-8-4-2-6-15(17)22/h1-8,13H,9-12,23H2,(H,24,25,26). The normalized spacial score (nSPS) is 14.2. The summed E-state index contributed by atoms with van der Waals surface area (Å²) in [6, 6.07) is 14.2. The highest BCUT2D eigenvalue weighted by molar-refractivity contribution is 6.33. The summed E-state index contributed by atoms with van der Waals surface area (Å²) in [6.07, 6.45) is 1.48. The average Bonchev–Trinajstić information content (AvgIpc) is 2.72. The molecule has 144 valence electrons. The van der Waals surface area contributed by atoms with Crippen LogP contribution in [0.2, 0.25) is 5.02 Å². The van der Waals surface area contributed by atoms with Crippen molar-refractivity contribution in [1.82, 2.24) is 9.97 Å². The molecular weight excluding hydrogens is 379 g/mol. The smallest absolute Gasteiger partial charge is 0.159 e. The Morgan fingerprint density at radius 3 is 2.36 bits per heavy atom. The molecule has 1 aliphatic rings. The molecule has 28 heavy (non-hydrogen) atoms. The Morgan fingerprint density at radius 1 is 0.929 bits per heavy atom. The molecule has 1 fully saturated rings. The molecule has 4 rings (SSSR count). The highest BCUT2D eigenvalue weighted by Crippen LogP contribution is 2.32. The van der Waals surface area contributed by atoms with Gasteiger partial charge in [0.25, 0.3) is 0 Å². The fourth-order valence-corrected chi connectivity index (χ4v) is 3.48. The Hall–Kier alpha value is -3.06. The molecule has 2 aromatic carbocycles. The first-order valence-electron chi connectivity index (χ1n) is 9.00. The zero-order valence-electron chi connectivity index (χ0n) is 15.1.